The lowest BCUT2D eigenvalue weighted by molar-refractivity contribution is -0.105. The summed E-state index contributed by atoms with van der Waals surface area (Å²) >= 11 is 0. The molecule has 2 aromatic carbocycles. The van der Waals surface area contributed by atoms with Gasteiger partial charge in [-0.1, -0.05) is 36.4 Å². The third-order valence-electron chi connectivity index (χ3n) is 8.54. The first-order chi connectivity index (χ1) is 15.6. The summed E-state index contributed by atoms with van der Waals surface area (Å²) in [6, 6.07) is 13.7. The van der Waals surface area contributed by atoms with Gasteiger partial charge in [0.2, 0.25) is 0 Å². The van der Waals surface area contributed by atoms with E-state index in [1.807, 2.05) is 70.2 Å². The minimum Gasteiger partial charge on any atom is -0.399 e. The molecule has 1 fully saturated rings. The zero-order valence-corrected chi connectivity index (χ0v) is 21.2. The zero-order valence-electron chi connectivity index (χ0n) is 21.2. The minimum absolute atomic E-state index is 0.457. The van der Waals surface area contributed by atoms with Crippen LogP contribution < -0.4 is 5.46 Å². The molecule has 0 amide bonds. The van der Waals surface area contributed by atoms with Crippen LogP contribution in [0.3, 0.4) is 0 Å². The quantitative estimate of drug-likeness (QED) is 0.412. The van der Waals surface area contributed by atoms with E-state index in [4.69, 9.17) is 14.3 Å². The average molecular weight is 463 g/mol. The minimum atomic E-state index is -2.86. The molecular formula is C28H32BF2NO2. The van der Waals surface area contributed by atoms with Crippen LogP contribution in [0.15, 0.2) is 48.7 Å². The van der Waals surface area contributed by atoms with Crippen molar-refractivity contribution in [2.24, 2.45) is 0 Å². The van der Waals surface area contributed by atoms with Crippen molar-refractivity contribution >= 4 is 23.4 Å². The summed E-state index contributed by atoms with van der Waals surface area (Å²) in [6.45, 7) is 14.7. The summed E-state index contributed by atoms with van der Waals surface area (Å²) in [4.78, 5) is 4.82. The first kappa shape index (κ1) is 23.4. The van der Waals surface area contributed by atoms with Crippen LogP contribution in [-0.2, 0) is 20.1 Å². The third kappa shape index (κ3) is 2.91. The lowest BCUT2D eigenvalue weighted by Crippen LogP contribution is -2.46. The summed E-state index contributed by atoms with van der Waals surface area (Å²) in [5, 5.41) is 1.92. The van der Waals surface area contributed by atoms with E-state index in [-0.39, 0.29) is 0 Å². The maximum absolute atomic E-state index is 15.4. The Morgan fingerprint density at radius 2 is 1.29 bits per heavy atom. The van der Waals surface area contributed by atoms with Crippen LogP contribution in [0.4, 0.5) is 8.78 Å². The van der Waals surface area contributed by atoms with E-state index < -0.39 is 35.1 Å². The number of pyridine rings is 1. The fraction of sp³-hybridized carbons (Fsp3) is 0.464. The van der Waals surface area contributed by atoms with Crippen molar-refractivity contribution in [3.05, 3.63) is 59.8 Å². The van der Waals surface area contributed by atoms with Gasteiger partial charge in [0.05, 0.1) is 27.7 Å². The smallest absolute Gasteiger partial charge is 0.399 e. The molecule has 1 aliphatic heterocycles. The van der Waals surface area contributed by atoms with E-state index in [9.17, 15) is 0 Å². The van der Waals surface area contributed by atoms with Gasteiger partial charge in [0, 0.05) is 22.6 Å². The van der Waals surface area contributed by atoms with Gasteiger partial charge in [-0.2, -0.15) is 0 Å². The number of aromatic nitrogens is 1. The van der Waals surface area contributed by atoms with E-state index in [2.05, 4.69) is 0 Å². The molecule has 3 aromatic rings. The Morgan fingerprint density at radius 3 is 1.91 bits per heavy atom. The lowest BCUT2D eigenvalue weighted by atomic mass is 9.76. The molecule has 0 saturated carbocycles. The Balaban J connectivity index is 1.65. The number of benzene rings is 2. The maximum atomic E-state index is 15.4. The number of hydrogen-bond acceptors (Lipinski definition) is 3. The Hall–Kier alpha value is -2.31. The van der Waals surface area contributed by atoms with E-state index >= 15 is 8.78 Å². The Kier molecular flexibility index (Phi) is 4.75. The van der Waals surface area contributed by atoms with Gasteiger partial charge in [-0.15, -0.1) is 0 Å². The van der Waals surface area contributed by atoms with Gasteiger partial charge in [-0.05, 0) is 78.0 Å². The third-order valence-corrected chi connectivity index (χ3v) is 8.54. The van der Waals surface area contributed by atoms with Gasteiger partial charge in [0.1, 0.15) is 0 Å². The van der Waals surface area contributed by atoms with Gasteiger partial charge in [0.15, 0.2) is 0 Å². The van der Waals surface area contributed by atoms with Crippen molar-refractivity contribution in [3.63, 3.8) is 0 Å². The summed E-state index contributed by atoms with van der Waals surface area (Å²) in [5.74, 6) is -2.86. The highest BCUT2D eigenvalue weighted by Gasteiger charge is 2.65. The van der Waals surface area contributed by atoms with Crippen LogP contribution >= 0.6 is 0 Å². The summed E-state index contributed by atoms with van der Waals surface area (Å²) in [7, 11) is -0.533. The number of alkyl halides is 2. The predicted molar refractivity (Wildman–Crippen MR) is 134 cm³/mol. The molecule has 3 nitrogen and oxygen atoms in total. The van der Waals surface area contributed by atoms with E-state index in [0.29, 0.717) is 11.1 Å². The van der Waals surface area contributed by atoms with Gasteiger partial charge < -0.3 is 9.31 Å². The zero-order chi connectivity index (χ0) is 24.9. The normalized spacial score (nSPS) is 23.3. The Morgan fingerprint density at radius 1 is 0.735 bits per heavy atom. The molecule has 0 bridgehead atoms. The molecule has 2 heterocycles. The summed E-state index contributed by atoms with van der Waals surface area (Å²) in [6.07, 6.45) is 1.80. The highest BCUT2D eigenvalue weighted by molar-refractivity contribution is 6.65. The van der Waals surface area contributed by atoms with E-state index in [0.717, 1.165) is 27.5 Å². The molecule has 178 valence electrons. The van der Waals surface area contributed by atoms with Crippen LogP contribution in [0, 0.1) is 0 Å². The second-order valence-electron chi connectivity index (χ2n) is 11.8. The van der Waals surface area contributed by atoms with Crippen molar-refractivity contribution in [1.29, 1.82) is 0 Å². The van der Waals surface area contributed by atoms with Gasteiger partial charge >= 0.3 is 7.12 Å². The number of nitrogens with zero attached hydrogens (tertiary/aromatic N) is 1. The van der Waals surface area contributed by atoms with Gasteiger partial charge in [-0.25, -0.2) is 8.78 Å². The number of fused-ring (bicyclic) bond motifs is 2. The van der Waals surface area contributed by atoms with Crippen LogP contribution in [0.1, 0.15) is 66.5 Å². The van der Waals surface area contributed by atoms with E-state index in [1.54, 1.807) is 33.9 Å². The fourth-order valence-corrected chi connectivity index (χ4v) is 5.48. The first-order valence-electron chi connectivity index (χ1n) is 11.9. The molecule has 1 aliphatic carbocycles. The summed E-state index contributed by atoms with van der Waals surface area (Å²) in [5.41, 5.74) is 0.417. The van der Waals surface area contributed by atoms with Crippen molar-refractivity contribution in [2.75, 3.05) is 0 Å². The van der Waals surface area contributed by atoms with Crippen molar-refractivity contribution < 1.29 is 18.1 Å². The second kappa shape index (κ2) is 6.89. The molecule has 0 radical (unpaired) electrons. The molecule has 1 saturated heterocycles. The van der Waals surface area contributed by atoms with E-state index in [1.165, 1.54) is 0 Å². The molecule has 0 spiro atoms. The molecule has 2 aliphatic rings. The molecule has 34 heavy (non-hydrogen) atoms. The largest absolute Gasteiger partial charge is 0.497 e. The predicted octanol–water partition coefficient (Wildman–Crippen LogP) is 6.41. The number of hydrogen-bond donors (Lipinski definition) is 0. The molecular weight excluding hydrogens is 431 g/mol. The van der Waals surface area contributed by atoms with Crippen LogP contribution in [0.2, 0.25) is 0 Å². The topological polar surface area (TPSA) is 31.4 Å². The number of rotatable bonds is 2. The lowest BCUT2D eigenvalue weighted by Gasteiger charge is -2.35. The van der Waals surface area contributed by atoms with Crippen LogP contribution in [0.25, 0.3) is 22.0 Å². The molecule has 0 N–H and O–H groups in total. The fourth-order valence-electron chi connectivity index (χ4n) is 5.48. The SMILES string of the molecule is CC1(C)OB(c2cnc(-c3ccc4c(c3)C(C)(C)C(F)(F)C4(C)C)c3ccccc23)OC1(C)C. The van der Waals surface area contributed by atoms with Crippen LogP contribution in [-0.4, -0.2) is 29.2 Å². The Bertz CT molecular complexity index is 1300. The monoisotopic (exact) mass is 463 g/mol. The number of halogens is 2. The van der Waals surface area contributed by atoms with Crippen molar-refractivity contribution in [2.45, 2.75) is 83.3 Å². The summed E-state index contributed by atoms with van der Waals surface area (Å²) < 4.78 is 43.4. The molecule has 0 unspecified atom stereocenters. The van der Waals surface area contributed by atoms with Crippen LogP contribution in [0.5, 0.6) is 0 Å². The van der Waals surface area contributed by atoms with Gasteiger partial charge in [0.25, 0.3) is 5.92 Å². The molecule has 1 aromatic heterocycles. The molecule has 0 atom stereocenters. The maximum Gasteiger partial charge on any atom is 0.497 e. The first-order valence-corrected chi connectivity index (χ1v) is 11.9. The highest BCUT2D eigenvalue weighted by Crippen LogP contribution is 2.59. The second-order valence-corrected chi connectivity index (χ2v) is 11.8. The Labute approximate surface area is 201 Å². The standard InChI is InChI=1S/C28H32BF2NO2/c1-24(2)20-14-13-17(15-21(20)25(3,4)28(24,30)31)23-19-12-10-9-11-18(19)22(16-32-23)29-33-26(5,6)27(7,8)34-29/h9-16H,1-8H3. The average Bonchev–Trinajstić information content (AvgIpc) is 3.03. The van der Waals surface area contributed by atoms with Crippen molar-refractivity contribution in [3.8, 4) is 11.3 Å². The molecule has 6 heteroatoms. The van der Waals surface area contributed by atoms with Gasteiger partial charge in [-0.3, -0.25) is 4.98 Å². The highest BCUT2D eigenvalue weighted by atomic mass is 19.3. The van der Waals surface area contributed by atoms with Crippen molar-refractivity contribution in [1.82, 2.24) is 4.98 Å². The molecule has 5 rings (SSSR count).